The molecule has 1 amide bonds. The summed E-state index contributed by atoms with van der Waals surface area (Å²) < 4.78 is 58.3. The number of nitrogens with zero attached hydrogens (tertiary/aromatic N) is 2. The zero-order chi connectivity index (χ0) is 23.2. The van der Waals surface area contributed by atoms with E-state index in [1.807, 2.05) is 0 Å². The molecule has 0 bridgehead atoms. The average molecular weight is 454 g/mol. The molecule has 0 aliphatic rings. The molecule has 0 spiro atoms. The van der Waals surface area contributed by atoms with E-state index >= 15 is 0 Å². The fraction of sp³-hybridized carbons (Fsp3) is 0.333. The molecule has 2 rings (SSSR count). The first-order valence-corrected chi connectivity index (χ1v) is 11.0. The van der Waals surface area contributed by atoms with E-state index in [4.69, 9.17) is 4.74 Å². The molecule has 0 aromatic heterocycles. The minimum Gasteiger partial charge on any atom is -0.452 e. The molecule has 31 heavy (non-hydrogen) atoms. The first kappa shape index (κ1) is 24.4. The summed E-state index contributed by atoms with van der Waals surface area (Å²) in [4.78, 5) is 25.2. The molecule has 0 N–H and O–H groups in total. The second-order valence-corrected chi connectivity index (χ2v) is 8.59. The highest BCUT2D eigenvalue weighted by Crippen LogP contribution is 2.21. The molecular formula is C21H24F2N2O5S. The van der Waals surface area contributed by atoms with Gasteiger partial charge in [0.2, 0.25) is 10.0 Å². The van der Waals surface area contributed by atoms with E-state index in [1.54, 1.807) is 13.8 Å². The third kappa shape index (κ3) is 6.08. The van der Waals surface area contributed by atoms with Crippen LogP contribution >= 0.6 is 0 Å². The first-order valence-electron chi connectivity index (χ1n) is 9.55. The minimum atomic E-state index is -4.12. The van der Waals surface area contributed by atoms with Crippen molar-refractivity contribution < 1.29 is 31.5 Å². The SMILES string of the molecule is CCN(CC)S(=O)(=O)c1cc(C(=O)OCC(=O)N(C)Cc2ccc(F)cc2)ccc1F. The summed E-state index contributed by atoms with van der Waals surface area (Å²) in [5.74, 6) is -2.86. The highest BCUT2D eigenvalue weighted by Gasteiger charge is 2.27. The number of hydrogen-bond acceptors (Lipinski definition) is 5. The maximum Gasteiger partial charge on any atom is 0.338 e. The van der Waals surface area contributed by atoms with Crippen LogP contribution < -0.4 is 0 Å². The number of amides is 1. The summed E-state index contributed by atoms with van der Waals surface area (Å²) in [6, 6.07) is 8.46. The summed E-state index contributed by atoms with van der Waals surface area (Å²) in [5, 5.41) is 0. The van der Waals surface area contributed by atoms with Gasteiger partial charge in [0.15, 0.2) is 6.61 Å². The lowest BCUT2D eigenvalue weighted by molar-refractivity contribution is -0.133. The van der Waals surface area contributed by atoms with Crippen molar-refractivity contribution in [2.45, 2.75) is 25.3 Å². The lowest BCUT2D eigenvalue weighted by Crippen LogP contribution is -2.32. The predicted molar refractivity (Wildman–Crippen MR) is 110 cm³/mol. The fourth-order valence-corrected chi connectivity index (χ4v) is 4.35. The Balaban J connectivity index is 2.06. The van der Waals surface area contributed by atoms with Crippen molar-refractivity contribution in [2.24, 2.45) is 0 Å². The van der Waals surface area contributed by atoms with Crippen LogP contribution in [0, 0.1) is 11.6 Å². The Kier molecular flexibility index (Phi) is 8.23. The smallest absolute Gasteiger partial charge is 0.338 e. The Labute approximate surface area is 180 Å². The van der Waals surface area contributed by atoms with Gasteiger partial charge in [-0.15, -0.1) is 0 Å². The van der Waals surface area contributed by atoms with Gasteiger partial charge >= 0.3 is 5.97 Å². The van der Waals surface area contributed by atoms with Gasteiger partial charge in [-0.2, -0.15) is 4.31 Å². The zero-order valence-electron chi connectivity index (χ0n) is 17.5. The quantitative estimate of drug-likeness (QED) is 0.544. The van der Waals surface area contributed by atoms with Crippen LogP contribution in [0.2, 0.25) is 0 Å². The maximum absolute atomic E-state index is 14.2. The topological polar surface area (TPSA) is 84.0 Å². The second kappa shape index (κ2) is 10.5. The Morgan fingerprint density at radius 1 is 1.00 bits per heavy atom. The zero-order valence-corrected chi connectivity index (χ0v) is 18.3. The molecule has 0 aliphatic carbocycles. The Morgan fingerprint density at radius 3 is 2.19 bits per heavy atom. The number of sulfonamides is 1. The number of benzene rings is 2. The Morgan fingerprint density at radius 2 is 1.61 bits per heavy atom. The molecule has 0 saturated carbocycles. The van der Waals surface area contributed by atoms with Crippen molar-refractivity contribution in [1.29, 1.82) is 0 Å². The van der Waals surface area contributed by atoms with E-state index in [0.717, 1.165) is 22.5 Å². The van der Waals surface area contributed by atoms with Crippen molar-refractivity contribution in [1.82, 2.24) is 9.21 Å². The van der Waals surface area contributed by atoms with Crippen molar-refractivity contribution in [2.75, 3.05) is 26.7 Å². The summed E-state index contributed by atoms with van der Waals surface area (Å²) >= 11 is 0. The number of carbonyl (C=O) groups is 2. The van der Waals surface area contributed by atoms with Gasteiger partial charge in [0.05, 0.1) is 5.56 Å². The van der Waals surface area contributed by atoms with Gasteiger partial charge in [0.1, 0.15) is 16.5 Å². The highest BCUT2D eigenvalue weighted by atomic mass is 32.2. The van der Waals surface area contributed by atoms with Gasteiger partial charge in [-0.25, -0.2) is 22.0 Å². The van der Waals surface area contributed by atoms with E-state index in [-0.39, 0.29) is 25.2 Å². The normalized spacial score (nSPS) is 11.4. The molecule has 0 fully saturated rings. The third-order valence-corrected chi connectivity index (χ3v) is 6.64. The van der Waals surface area contributed by atoms with E-state index in [0.29, 0.717) is 5.56 Å². The van der Waals surface area contributed by atoms with Gasteiger partial charge in [-0.05, 0) is 35.9 Å². The van der Waals surface area contributed by atoms with Crippen LogP contribution in [0.3, 0.4) is 0 Å². The number of halogens is 2. The lowest BCUT2D eigenvalue weighted by Gasteiger charge is -2.19. The summed E-state index contributed by atoms with van der Waals surface area (Å²) in [7, 11) is -2.63. The third-order valence-electron chi connectivity index (χ3n) is 4.58. The highest BCUT2D eigenvalue weighted by molar-refractivity contribution is 7.89. The van der Waals surface area contributed by atoms with Crippen LogP contribution in [-0.4, -0.2) is 56.2 Å². The molecule has 0 radical (unpaired) electrons. The van der Waals surface area contributed by atoms with Crippen molar-refractivity contribution in [3.63, 3.8) is 0 Å². The molecule has 2 aromatic rings. The Bertz CT molecular complexity index is 1040. The fourth-order valence-electron chi connectivity index (χ4n) is 2.80. The van der Waals surface area contributed by atoms with Crippen molar-refractivity contribution in [3.05, 3.63) is 65.2 Å². The number of carbonyl (C=O) groups excluding carboxylic acids is 2. The predicted octanol–water partition coefficient (Wildman–Crippen LogP) is 2.81. The first-order chi connectivity index (χ1) is 14.6. The molecule has 2 aromatic carbocycles. The standard InChI is InChI=1S/C21H24F2N2O5S/c1-4-25(5-2)31(28,29)19-12-16(8-11-18(19)23)21(27)30-14-20(26)24(3)13-15-6-9-17(22)10-7-15/h6-12H,4-5,13-14H2,1-3H3. The number of likely N-dealkylation sites (N-methyl/N-ethyl adjacent to an activating group) is 1. The van der Waals surface area contributed by atoms with Crippen LogP contribution in [0.15, 0.2) is 47.4 Å². The second-order valence-electron chi connectivity index (χ2n) is 6.69. The summed E-state index contributed by atoms with van der Waals surface area (Å²) in [6.45, 7) is 3.10. The largest absolute Gasteiger partial charge is 0.452 e. The van der Waals surface area contributed by atoms with E-state index in [2.05, 4.69) is 0 Å². The van der Waals surface area contributed by atoms with E-state index in [1.165, 1.54) is 36.2 Å². The van der Waals surface area contributed by atoms with Gasteiger partial charge < -0.3 is 9.64 Å². The molecule has 7 nitrogen and oxygen atoms in total. The molecule has 10 heteroatoms. The van der Waals surface area contributed by atoms with Crippen LogP contribution in [0.5, 0.6) is 0 Å². The van der Waals surface area contributed by atoms with Gasteiger partial charge in [-0.1, -0.05) is 26.0 Å². The molecule has 0 aliphatic heterocycles. The number of ether oxygens (including phenoxy) is 1. The van der Waals surface area contributed by atoms with Crippen LogP contribution in [0.25, 0.3) is 0 Å². The molecule has 0 saturated heterocycles. The maximum atomic E-state index is 14.2. The summed E-state index contributed by atoms with van der Waals surface area (Å²) in [5.41, 5.74) is 0.495. The lowest BCUT2D eigenvalue weighted by atomic mass is 10.2. The molecule has 0 unspecified atom stereocenters. The number of esters is 1. The van der Waals surface area contributed by atoms with Crippen LogP contribution in [0.1, 0.15) is 29.8 Å². The molecule has 0 heterocycles. The number of hydrogen-bond donors (Lipinski definition) is 0. The van der Waals surface area contributed by atoms with Gasteiger partial charge in [0.25, 0.3) is 5.91 Å². The van der Waals surface area contributed by atoms with Crippen molar-refractivity contribution >= 4 is 21.9 Å². The van der Waals surface area contributed by atoms with E-state index < -0.39 is 45.0 Å². The molecular weight excluding hydrogens is 430 g/mol. The van der Waals surface area contributed by atoms with Gasteiger partial charge in [0, 0.05) is 26.7 Å². The van der Waals surface area contributed by atoms with Crippen molar-refractivity contribution in [3.8, 4) is 0 Å². The monoisotopic (exact) mass is 454 g/mol. The molecule has 0 atom stereocenters. The number of rotatable bonds is 9. The van der Waals surface area contributed by atoms with Gasteiger partial charge in [-0.3, -0.25) is 4.79 Å². The minimum absolute atomic E-state index is 0.141. The summed E-state index contributed by atoms with van der Waals surface area (Å²) in [6.07, 6.45) is 0. The van der Waals surface area contributed by atoms with Crippen LogP contribution in [-0.2, 0) is 26.1 Å². The Hall–Kier alpha value is -2.85. The average Bonchev–Trinajstić information content (AvgIpc) is 2.74. The van der Waals surface area contributed by atoms with Crippen LogP contribution in [0.4, 0.5) is 8.78 Å². The molecule has 168 valence electrons. The van der Waals surface area contributed by atoms with E-state index in [9.17, 15) is 26.8 Å².